The lowest BCUT2D eigenvalue weighted by Crippen LogP contribution is -3.11. The van der Waals surface area contributed by atoms with Crippen molar-refractivity contribution in [1.29, 1.82) is 0 Å². The van der Waals surface area contributed by atoms with Crippen molar-refractivity contribution in [2.45, 2.75) is 40.2 Å². The van der Waals surface area contributed by atoms with Crippen molar-refractivity contribution in [3.05, 3.63) is 45.8 Å². The molecule has 5 heteroatoms. The number of quaternary nitrogens is 1. The number of hydrogen-bond acceptors (Lipinski definition) is 3. The number of amides is 1. The number of carbonyl (C=O) groups is 1. The maximum atomic E-state index is 12.7. The molecule has 2 heterocycles. The highest BCUT2D eigenvalue weighted by molar-refractivity contribution is 7.16. The summed E-state index contributed by atoms with van der Waals surface area (Å²) in [5.41, 5.74) is 3.28. The Hall–Kier alpha value is -1.85. The zero-order valence-electron chi connectivity index (χ0n) is 16.1. The van der Waals surface area contributed by atoms with Crippen LogP contribution in [0.3, 0.4) is 0 Å². The lowest BCUT2D eigenvalue weighted by atomic mass is 9.98. The van der Waals surface area contributed by atoms with Crippen molar-refractivity contribution in [3.8, 4) is 5.75 Å². The number of methoxy groups -OCH3 is 1. The lowest BCUT2D eigenvalue weighted by Gasteiger charge is -2.27. The number of thiophene rings is 1. The van der Waals surface area contributed by atoms with Crippen molar-refractivity contribution >= 4 is 22.2 Å². The van der Waals surface area contributed by atoms with Crippen molar-refractivity contribution < 1.29 is 14.4 Å². The van der Waals surface area contributed by atoms with Gasteiger partial charge in [0.25, 0.3) is 5.91 Å². The third-order valence-corrected chi connectivity index (χ3v) is 6.66. The molecule has 2 N–H and O–H groups in total. The number of anilines is 1. The van der Waals surface area contributed by atoms with Crippen molar-refractivity contribution in [3.63, 3.8) is 0 Å². The molecule has 0 spiro atoms. The molecule has 0 saturated carbocycles. The lowest BCUT2D eigenvalue weighted by molar-refractivity contribution is -0.919. The largest absolute Gasteiger partial charge is 0.497 e. The summed E-state index contributed by atoms with van der Waals surface area (Å²) >= 11 is 1.69. The Morgan fingerprint density at radius 3 is 2.50 bits per heavy atom. The van der Waals surface area contributed by atoms with Crippen LogP contribution >= 0.6 is 11.3 Å². The van der Waals surface area contributed by atoms with Gasteiger partial charge in [0, 0.05) is 16.0 Å². The molecule has 3 rings (SSSR count). The van der Waals surface area contributed by atoms with E-state index in [-0.39, 0.29) is 5.91 Å². The number of hydrogen-bond donors (Lipinski definition) is 2. The molecule has 1 amide bonds. The minimum atomic E-state index is -0.0579. The summed E-state index contributed by atoms with van der Waals surface area (Å²) in [5.74, 6) is 1.55. The first-order chi connectivity index (χ1) is 12.5. The standard InChI is InChI=1S/C21H28N2O2S/c1-14-9-11-23(12-10-14)13-19-15(2)16(3)26-21(19)22-20(24)17-5-7-18(25-4)8-6-17/h5-8,14H,9-13H2,1-4H3,(H,22,24)/p+1. The zero-order chi connectivity index (χ0) is 18.7. The number of benzene rings is 1. The second-order valence-electron chi connectivity index (χ2n) is 7.38. The van der Waals surface area contributed by atoms with Gasteiger partial charge in [0.1, 0.15) is 17.3 Å². The number of ether oxygens (including phenoxy) is 1. The Morgan fingerprint density at radius 1 is 1.23 bits per heavy atom. The van der Waals surface area contributed by atoms with Crippen LogP contribution < -0.4 is 15.0 Å². The molecule has 0 atom stereocenters. The summed E-state index contributed by atoms with van der Waals surface area (Å²) in [7, 11) is 1.63. The Morgan fingerprint density at radius 2 is 1.88 bits per heavy atom. The van der Waals surface area contributed by atoms with E-state index in [0.717, 1.165) is 23.2 Å². The Labute approximate surface area is 160 Å². The van der Waals surface area contributed by atoms with Gasteiger partial charge in [-0.1, -0.05) is 6.92 Å². The van der Waals surface area contributed by atoms with Crippen LogP contribution in [-0.2, 0) is 6.54 Å². The third kappa shape index (κ3) is 4.27. The maximum absolute atomic E-state index is 12.7. The molecule has 0 aliphatic carbocycles. The molecule has 0 unspecified atom stereocenters. The molecule has 4 nitrogen and oxygen atoms in total. The number of rotatable bonds is 5. The number of likely N-dealkylation sites (tertiary alicyclic amines) is 1. The molecule has 1 aliphatic heterocycles. The second kappa shape index (κ2) is 8.23. The SMILES string of the molecule is COc1ccc(C(=O)Nc2sc(C)c(C)c2C[NH+]2CCC(C)CC2)cc1. The van der Waals surface area contributed by atoms with Gasteiger partial charge < -0.3 is 15.0 Å². The minimum absolute atomic E-state index is 0.0579. The van der Waals surface area contributed by atoms with Crippen LogP contribution in [0.5, 0.6) is 5.75 Å². The van der Waals surface area contributed by atoms with Crippen molar-refractivity contribution in [2.75, 3.05) is 25.5 Å². The quantitative estimate of drug-likeness (QED) is 0.843. The molecule has 1 aromatic heterocycles. The van der Waals surface area contributed by atoms with Crippen LogP contribution in [0, 0.1) is 19.8 Å². The van der Waals surface area contributed by atoms with Gasteiger partial charge in [0.15, 0.2) is 0 Å². The molecule has 1 fully saturated rings. The Bertz CT molecular complexity index is 759. The zero-order valence-corrected chi connectivity index (χ0v) is 17.0. The van der Waals surface area contributed by atoms with E-state index in [9.17, 15) is 4.79 Å². The van der Waals surface area contributed by atoms with E-state index in [2.05, 4.69) is 26.1 Å². The van der Waals surface area contributed by atoms with Crippen molar-refractivity contribution in [2.24, 2.45) is 5.92 Å². The van der Waals surface area contributed by atoms with E-state index >= 15 is 0 Å². The van der Waals surface area contributed by atoms with E-state index < -0.39 is 0 Å². The molecule has 0 bridgehead atoms. The topological polar surface area (TPSA) is 42.8 Å². The highest BCUT2D eigenvalue weighted by Gasteiger charge is 2.23. The van der Waals surface area contributed by atoms with E-state index in [1.807, 2.05) is 12.1 Å². The van der Waals surface area contributed by atoms with E-state index in [1.165, 1.54) is 41.9 Å². The van der Waals surface area contributed by atoms with Crippen LogP contribution in [0.15, 0.2) is 24.3 Å². The van der Waals surface area contributed by atoms with Gasteiger partial charge in [-0.15, -0.1) is 11.3 Å². The van der Waals surface area contributed by atoms with Gasteiger partial charge in [-0.3, -0.25) is 4.79 Å². The summed E-state index contributed by atoms with van der Waals surface area (Å²) in [5, 5.41) is 4.16. The molecule has 140 valence electrons. The fraction of sp³-hybridized carbons (Fsp3) is 0.476. The first-order valence-corrected chi connectivity index (χ1v) is 10.2. The van der Waals surface area contributed by atoms with Crippen LogP contribution in [0.1, 0.15) is 46.1 Å². The fourth-order valence-electron chi connectivity index (χ4n) is 3.50. The minimum Gasteiger partial charge on any atom is -0.497 e. The van der Waals surface area contributed by atoms with E-state index in [4.69, 9.17) is 4.74 Å². The average molecular weight is 374 g/mol. The first kappa shape index (κ1) is 18.9. The number of aryl methyl sites for hydroxylation is 1. The fourth-order valence-corrected chi connectivity index (χ4v) is 4.58. The van der Waals surface area contributed by atoms with Gasteiger partial charge in [0.2, 0.25) is 0 Å². The molecule has 1 aromatic carbocycles. The average Bonchev–Trinajstić information content (AvgIpc) is 2.91. The summed E-state index contributed by atoms with van der Waals surface area (Å²) in [4.78, 5) is 15.6. The van der Waals surface area contributed by atoms with Crippen molar-refractivity contribution in [1.82, 2.24) is 0 Å². The van der Waals surface area contributed by atoms with Gasteiger partial charge in [0.05, 0.1) is 20.2 Å². The molecule has 0 radical (unpaired) electrons. The Balaban J connectivity index is 1.74. The van der Waals surface area contributed by atoms with Gasteiger partial charge in [-0.2, -0.15) is 0 Å². The molecule has 26 heavy (non-hydrogen) atoms. The van der Waals surface area contributed by atoms with E-state index in [1.54, 1.807) is 35.5 Å². The summed E-state index contributed by atoms with van der Waals surface area (Å²) < 4.78 is 5.17. The normalized spacial score (nSPS) is 20.0. The van der Waals surface area contributed by atoms with Crippen LogP contribution in [-0.4, -0.2) is 26.1 Å². The summed E-state index contributed by atoms with van der Waals surface area (Å²) in [6.07, 6.45) is 2.59. The molecule has 1 saturated heterocycles. The Kier molecular flexibility index (Phi) is 5.99. The van der Waals surface area contributed by atoms with Crippen LogP contribution in [0.25, 0.3) is 0 Å². The molecule has 1 aliphatic rings. The second-order valence-corrected chi connectivity index (χ2v) is 8.61. The molecular weight excluding hydrogens is 344 g/mol. The smallest absolute Gasteiger partial charge is 0.256 e. The maximum Gasteiger partial charge on any atom is 0.256 e. The van der Waals surface area contributed by atoms with Crippen LogP contribution in [0.4, 0.5) is 5.00 Å². The molecular formula is C21H29N2O2S+. The number of nitrogens with one attached hydrogen (secondary N) is 2. The highest BCUT2D eigenvalue weighted by Crippen LogP contribution is 2.32. The van der Waals surface area contributed by atoms with Gasteiger partial charge in [-0.25, -0.2) is 0 Å². The van der Waals surface area contributed by atoms with Gasteiger partial charge in [-0.05, 0) is 62.4 Å². The van der Waals surface area contributed by atoms with Crippen LogP contribution in [0.2, 0.25) is 0 Å². The predicted molar refractivity (Wildman–Crippen MR) is 108 cm³/mol. The van der Waals surface area contributed by atoms with E-state index in [0.29, 0.717) is 5.56 Å². The predicted octanol–water partition coefficient (Wildman–Crippen LogP) is 3.44. The first-order valence-electron chi connectivity index (χ1n) is 9.35. The number of piperidine rings is 1. The molecule has 2 aromatic rings. The summed E-state index contributed by atoms with van der Waals surface area (Å²) in [6, 6.07) is 7.25. The summed E-state index contributed by atoms with van der Waals surface area (Å²) in [6.45, 7) is 10.1. The third-order valence-electron chi connectivity index (χ3n) is 5.50. The number of carbonyl (C=O) groups excluding carboxylic acids is 1. The highest BCUT2D eigenvalue weighted by atomic mass is 32.1. The van der Waals surface area contributed by atoms with Gasteiger partial charge >= 0.3 is 0 Å². The monoisotopic (exact) mass is 373 g/mol.